The molecule has 20 heavy (non-hydrogen) atoms. The lowest BCUT2D eigenvalue weighted by Gasteiger charge is -2.25. The van der Waals surface area contributed by atoms with Crippen molar-refractivity contribution < 1.29 is 9.90 Å². The van der Waals surface area contributed by atoms with Crippen LogP contribution in [0, 0.1) is 11.3 Å². The van der Waals surface area contributed by atoms with Crippen molar-refractivity contribution in [3.8, 4) is 16.6 Å². The number of nitriles is 1. The Morgan fingerprint density at radius 1 is 1.40 bits per heavy atom. The second kappa shape index (κ2) is 4.94. The number of pyridine rings is 1. The van der Waals surface area contributed by atoms with E-state index in [1.165, 1.54) is 35.8 Å². The molecule has 0 spiro atoms. The summed E-state index contributed by atoms with van der Waals surface area (Å²) in [5.74, 6) is -1.13. The summed E-state index contributed by atoms with van der Waals surface area (Å²) >= 11 is 1.40. The van der Waals surface area contributed by atoms with Gasteiger partial charge in [-0.1, -0.05) is 6.07 Å². The lowest BCUT2D eigenvalue weighted by molar-refractivity contribution is -0.145. The highest BCUT2D eigenvalue weighted by Crippen LogP contribution is 2.28. The van der Waals surface area contributed by atoms with E-state index in [-0.39, 0.29) is 5.56 Å². The zero-order valence-electron chi connectivity index (χ0n) is 11.0. The van der Waals surface area contributed by atoms with Gasteiger partial charge in [0.2, 0.25) is 0 Å². The molecule has 5 nitrogen and oxygen atoms in total. The Labute approximate surface area is 119 Å². The average Bonchev–Trinajstić information content (AvgIpc) is 2.91. The number of carboxylic acid groups (broad SMARTS) is 1. The Hall–Kier alpha value is -2.39. The molecule has 0 aliphatic heterocycles. The maximum atomic E-state index is 12.3. The molecule has 0 aliphatic rings. The summed E-state index contributed by atoms with van der Waals surface area (Å²) in [5, 5.41) is 20.2. The highest BCUT2D eigenvalue weighted by molar-refractivity contribution is 7.13. The summed E-state index contributed by atoms with van der Waals surface area (Å²) in [6, 6.07) is 8.45. The second-order valence-corrected chi connectivity index (χ2v) is 5.67. The molecule has 2 aromatic rings. The molecule has 1 N–H and O–H groups in total. The first-order valence-electron chi connectivity index (χ1n) is 5.83. The van der Waals surface area contributed by atoms with Crippen LogP contribution in [0.4, 0.5) is 0 Å². The van der Waals surface area contributed by atoms with Crippen molar-refractivity contribution in [3.05, 3.63) is 45.6 Å². The molecule has 2 aromatic heterocycles. The Bertz CT molecular complexity index is 752. The van der Waals surface area contributed by atoms with Crippen LogP contribution in [0.1, 0.15) is 19.4 Å². The molecule has 0 fully saturated rings. The lowest BCUT2D eigenvalue weighted by atomic mass is 10.0. The van der Waals surface area contributed by atoms with E-state index in [1.54, 1.807) is 18.2 Å². The molecule has 2 heterocycles. The van der Waals surface area contributed by atoms with Gasteiger partial charge in [-0.25, -0.2) is 4.79 Å². The molecule has 0 aliphatic carbocycles. The number of rotatable bonds is 3. The zero-order chi connectivity index (χ0) is 14.9. The van der Waals surface area contributed by atoms with E-state index >= 15 is 0 Å². The van der Waals surface area contributed by atoms with Crippen LogP contribution in [0.15, 0.2) is 34.4 Å². The Kier molecular flexibility index (Phi) is 3.47. The van der Waals surface area contributed by atoms with Gasteiger partial charge in [0.25, 0.3) is 5.56 Å². The number of hydrogen-bond donors (Lipinski definition) is 1. The highest BCUT2D eigenvalue weighted by atomic mass is 32.1. The quantitative estimate of drug-likeness (QED) is 0.939. The number of aromatic nitrogens is 1. The van der Waals surface area contributed by atoms with E-state index in [2.05, 4.69) is 0 Å². The zero-order valence-corrected chi connectivity index (χ0v) is 11.8. The highest BCUT2D eigenvalue weighted by Gasteiger charge is 2.33. The van der Waals surface area contributed by atoms with Crippen LogP contribution in [-0.4, -0.2) is 15.6 Å². The van der Waals surface area contributed by atoms with Crippen molar-refractivity contribution >= 4 is 17.3 Å². The third kappa shape index (κ3) is 2.12. The Morgan fingerprint density at radius 3 is 2.60 bits per heavy atom. The third-order valence-electron chi connectivity index (χ3n) is 3.06. The molecule has 0 saturated heterocycles. The summed E-state index contributed by atoms with van der Waals surface area (Å²) < 4.78 is 1.17. The molecule has 2 rings (SSSR count). The number of thiophene rings is 1. The van der Waals surface area contributed by atoms with E-state index in [0.29, 0.717) is 5.69 Å². The maximum Gasteiger partial charge on any atom is 0.329 e. The predicted molar refractivity (Wildman–Crippen MR) is 75.7 cm³/mol. The Balaban J connectivity index is 2.85. The SMILES string of the molecule is CC(C)(C(=O)O)n1c(-c2cccs2)ccc(C#N)c1=O. The van der Waals surface area contributed by atoms with Gasteiger partial charge in [0.1, 0.15) is 17.2 Å². The number of nitrogens with zero attached hydrogens (tertiary/aromatic N) is 2. The van der Waals surface area contributed by atoms with Crippen LogP contribution in [0.25, 0.3) is 10.6 Å². The van der Waals surface area contributed by atoms with Crippen LogP contribution in [0.2, 0.25) is 0 Å². The molecule has 0 atom stereocenters. The van der Waals surface area contributed by atoms with Gasteiger partial charge in [0, 0.05) is 0 Å². The van der Waals surface area contributed by atoms with Gasteiger partial charge in [0.15, 0.2) is 0 Å². The number of hydrogen-bond acceptors (Lipinski definition) is 4. The standard InChI is InChI=1S/C14H12N2O3S/c1-14(2,13(18)19)16-10(11-4-3-7-20-11)6-5-9(8-15)12(16)17/h3-7H,1-2H3,(H,18,19). The molecule has 0 amide bonds. The van der Waals surface area contributed by atoms with Crippen molar-refractivity contribution in [3.63, 3.8) is 0 Å². The van der Waals surface area contributed by atoms with Crippen LogP contribution in [-0.2, 0) is 10.3 Å². The first-order valence-corrected chi connectivity index (χ1v) is 6.71. The molecular weight excluding hydrogens is 276 g/mol. The fourth-order valence-electron chi connectivity index (χ4n) is 1.89. The van der Waals surface area contributed by atoms with E-state index in [4.69, 9.17) is 5.26 Å². The van der Waals surface area contributed by atoms with Crippen molar-refractivity contribution in [2.45, 2.75) is 19.4 Å². The minimum atomic E-state index is -1.44. The second-order valence-electron chi connectivity index (χ2n) is 4.73. The van der Waals surface area contributed by atoms with Crippen molar-refractivity contribution in [1.29, 1.82) is 5.26 Å². The monoisotopic (exact) mass is 288 g/mol. The van der Waals surface area contributed by atoms with Crippen LogP contribution in [0.3, 0.4) is 0 Å². The summed E-state index contributed by atoms with van der Waals surface area (Å²) in [6.07, 6.45) is 0. The van der Waals surface area contributed by atoms with Gasteiger partial charge in [-0.3, -0.25) is 9.36 Å². The first kappa shape index (κ1) is 14.0. The largest absolute Gasteiger partial charge is 0.480 e. The number of aliphatic carboxylic acids is 1. The lowest BCUT2D eigenvalue weighted by Crippen LogP contribution is -2.44. The van der Waals surface area contributed by atoms with Crippen LogP contribution < -0.4 is 5.56 Å². The van der Waals surface area contributed by atoms with Gasteiger partial charge in [-0.2, -0.15) is 5.26 Å². The topological polar surface area (TPSA) is 83.1 Å². The average molecular weight is 288 g/mol. The molecule has 102 valence electrons. The summed E-state index contributed by atoms with van der Waals surface area (Å²) in [7, 11) is 0. The normalized spacial score (nSPS) is 11.1. The Morgan fingerprint density at radius 2 is 2.10 bits per heavy atom. The molecule has 6 heteroatoms. The summed E-state index contributed by atoms with van der Waals surface area (Å²) in [6.45, 7) is 2.88. The van der Waals surface area contributed by atoms with Crippen LogP contribution in [0.5, 0.6) is 0 Å². The van der Waals surface area contributed by atoms with Gasteiger partial charge >= 0.3 is 5.97 Å². The molecule has 0 saturated carbocycles. The van der Waals surface area contributed by atoms with Gasteiger partial charge in [-0.05, 0) is 37.4 Å². The smallest absolute Gasteiger partial charge is 0.329 e. The minimum absolute atomic E-state index is 0.0698. The first-order chi connectivity index (χ1) is 9.39. The summed E-state index contributed by atoms with van der Waals surface area (Å²) in [5.41, 5.74) is -1.61. The molecule has 0 unspecified atom stereocenters. The molecule has 0 bridgehead atoms. The predicted octanol–water partition coefficient (Wildman–Crippen LogP) is 2.27. The van der Waals surface area contributed by atoms with Crippen molar-refractivity contribution in [1.82, 2.24) is 4.57 Å². The van der Waals surface area contributed by atoms with E-state index in [9.17, 15) is 14.7 Å². The fraction of sp³-hybridized carbons (Fsp3) is 0.214. The molecule has 0 aromatic carbocycles. The summed E-state index contributed by atoms with van der Waals surface area (Å²) in [4.78, 5) is 24.6. The van der Waals surface area contributed by atoms with E-state index < -0.39 is 17.1 Å². The van der Waals surface area contributed by atoms with Crippen molar-refractivity contribution in [2.24, 2.45) is 0 Å². The van der Waals surface area contributed by atoms with Crippen molar-refractivity contribution in [2.75, 3.05) is 0 Å². The van der Waals surface area contributed by atoms with Gasteiger partial charge in [0.05, 0.1) is 10.6 Å². The number of carbonyl (C=O) groups is 1. The van der Waals surface area contributed by atoms with E-state index in [1.807, 2.05) is 11.4 Å². The van der Waals surface area contributed by atoms with Gasteiger partial charge < -0.3 is 5.11 Å². The third-order valence-corrected chi connectivity index (χ3v) is 3.95. The fourth-order valence-corrected chi connectivity index (χ4v) is 2.63. The van der Waals surface area contributed by atoms with E-state index in [0.717, 1.165) is 4.88 Å². The van der Waals surface area contributed by atoms with Gasteiger partial charge in [-0.15, -0.1) is 11.3 Å². The minimum Gasteiger partial charge on any atom is -0.480 e. The number of carboxylic acids is 1. The molecule has 0 radical (unpaired) electrons. The molecular formula is C14H12N2O3S. The van der Waals surface area contributed by atoms with Crippen LogP contribution >= 0.6 is 11.3 Å². The maximum absolute atomic E-state index is 12.3.